The van der Waals surface area contributed by atoms with Crippen LogP contribution < -0.4 is 0 Å². The lowest BCUT2D eigenvalue weighted by Gasteiger charge is -1.88. The van der Waals surface area contributed by atoms with Crippen LogP contribution in [0.4, 0.5) is 0 Å². The first kappa shape index (κ1) is 7.08. The summed E-state index contributed by atoms with van der Waals surface area (Å²) in [5, 5.41) is 8.71. The van der Waals surface area contributed by atoms with Gasteiger partial charge in [-0.1, -0.05) is 0 Å². The van der Waals surface area contributed by atoms with E-state index in [1.165, 1.54) is 18.2 Å². The Morgan fingerprint density at radius 2 is 2.10 bits per heavy atom. The fourth-order valence-electron chi connectivity index (χ4n) is 0.522. The highest BCUT2D eigenvalue weighted by Gasteiger charge is 1.92. The molecule has 0 amide bonds. The molecule has 0 fully saturated rings. The van der Waals surface area contributed by atoms with Gasteiger partial charge < -0.3 is 5.11 Å². The zero-order valence-electron chi connectivity index (χ0n) is 4.94. The van der Waals surface area contributed by atoms with Gasteiger partial charge in [0, 0.05) is 6.07 Å². The molecule has 53 valence electrons. The maximum Gasteiger partial charge on any atom is 0.168 e. The highest BCUT2D eigenvalue weighted by molar-refractivity contribution is 7.72. The van der Waals surface area contributed by atoms with E-state index >= 15 is 0 Å². The van der Waals surface area contributed by atoms with Crippen molar-refractivity contribution in [3.05, 3.63) is 24.3 Å². The van der Waals surface area contributed by atoms with Crippen molar-refractivity contribution in [2.45, 2.75) is 4.90 Å². The Hall–Kier alpha value is -1.03. The molecule has 0 saturated carbocycles. The van der Waals surface area contributed by atoms with Crippen LogP contribution >= 0.6 is 0 Å². The lowest BCUT2D eigenvalue weighted by Crippen LogP contribution is -1.77. The molecule has 10 heavy (non-hydrogen) atoms. The highest BCUT2D eigenvalue weighted by atomic mass is 32.2. The smallest absolute Gasteiger partial charge is 0.168 e. The quantitative estimate of drug-likeness (QED) is 0.571. The molecule has 1 aromatic rings. The summed E-state index contributed by atoms with van der Waals surface area (Å²) in [4.78, 5) is 0.0906. The molecule has 1 radical (unpaired) electrons. The molecule has 4 heteroatoms. The third-order valence-corrected chi connectivity index (χ3v) is 1.65. The minimum Gasteiger partial charge on any atom is -0.508 e. The van der Waals surface area contributed by atoms with E-state index in [0.29, 0.717) is 0 Å². The lowest BCUT2D eigenvalue weighted by molar-refractivity contribution is 0.474. The Morgan fingerprint density at radius 3 is 2.50 bits per heavy atom. The standard InChI is InChI=1S/C6H5O3S/c7-5-1-3-6(4-2-5)10(8)9/h1-3,7,10H. The number of phenolic OH excluding ortho intramolecular Hbond substituents is 1. The molecule has 0 aromatic heterocycles. The van der Waals surface area contributed by atoms with Gasteiger partial charge in [0.05, 0.1) is 4.90 Å². The fourth-order valence-corrected chi connectivity index (χ4v) is 0.888. The fraction of sp³-hybridized carbons (Fsp3) is 0. The second kappa shape index (κ2) is 2.70. The zero-order chi connectivity index (χ0) is 7.56. The number of thiol groups is 1. The van der Waals surface area contributed by atoms with E-state index < -0.39 is 10.7 Å². The van der Waals surface area contributed by atoms with Gasteiger partial charge in [-0.25, -0.2) is 8.42 Å². The van der Waals surface area contributed by atoms with Crippen LogP contribution in [0.2, 0.25) is 0 Å². The van der Waals surface area contributed by atoms with Crippen molar-refractivity contribution in [3.63, 3.8) is 0 Å². The largest absolute Gasteiger partial charge is 0.508 e. The van der Waals surface area contributed by atoms with Gasteiger partial charge in [0.15, 0.2) is 10.7 Å². The monoisotopic (exact) mass is 157 g/mol. The number of phenols is 1. The average Bonchev–Trinajstić information content (AvgIpc) is 1.88. The van der Waals surface area contributed by atoms with Crippen LogP contribution in [-0.4, -0.2) is 13.5 Å². The molecule has 1 N–H and O–H groups in total. The molecule has 1 aromatic carbocycles. The molecule has 0 spiro atoms. The van der Waals surface area contributed by atoms with Crippen molar-refractivity contribution in [3.8, 4) is 5.75 Å². The van der Waals surface area contributed by atoms with E-state index in [1.54, 1.807) is 0 Å². The maximum atomic E-state index is 10.2. The molecular formula is C6H5O3S. The summed E-state index contributed by atoms with van der Waals surface area (Å²) in [5.41, 5.74) is 0. The Labute approximate surface area is 59.9 Å². The van der Waals surface area contributed by atoms with Crippen LogP contribution in [-0.2, 0) is 10.7 Å². The summed E-state index contributed by atoms with van der Waals surface area (Å²) in [6, 6.07) is 6.19. The van der Waals surface area contributed by atoms with Gasteiger partial charge >= 0.3 is 0 Å². The summed E-state index contributed by atoms with van der Waals surface area (Å²) in [5.74, 6) is 0.0144. The van der Waals surface area contributed by atoms with Crippen LogP contribution in [0.3, 0.4) is 0 Å². The predicted molar refractivity (Wildman–Crippen MR) is 35.5 cm³/mol. The van der Waals surface area contributed by atoms with Gasteiger partial charge in [-0.15, -0.1) is 0 Å². The number of hydrogen-bond donors (Lipinski definition) is 2. The van der Waals surface area contributed by atoms with Crippen molar-refractivity contribution in [1.82, 2.24) is 0 Å². The van der Waals surface area contributed by atoms with Crippen LogP contribution in [0.1, 0.15) is 0 Å². The summed E-state index contributed by atoms with van der Waals surface area (Å²) < 4.78 is 20.5. The Morgan fingerprint density at radius 1 is 1.40 bits per heavy atom. The molecule has 3 nitrogen and oxygen atoms in total. The van der Waals surface area contributed by atoms with Gasteiger partial charge in [0.1, 0.15) is 5.75 Å². The van der Waals surface area contributed by atoms with E-state index in [9.17, 15) is 8.42 Å². The SMILES string of the molecule is O=[SH](=O)c1[c]cc(O)cc1. The van der Waals surface area contributed by atoms with Crippen LogP contribution in [0.15, 0.2) is 23.1 Å². The van der Waals surface area contributed by atoms with Gasteiger partial charge in [0.25, 0.3) is 0 Å². The Bertz CT molecular complexity index is 278. The molecule has 0 aliphatic rings. The first-order valence-corrected chi connectivity index (χ1v) is 3.73. The normalized spacial score (nSPS) is 10.1. The van der Waals surface area contributed by atoms with Crippen molar-refractivity contribution in [2.24, 2.45) is 0 Å². The van der Waals surface area contributed by atoms with E-state index in [2.05, 4.69) is 6.07 Å². The maximum absolute atomic E-state index is 10.2. The predicted octanol–water partition coefficient (Wildman–Crippen LogP) is 0.163. The molecule has 0 atom stereocenters. The van der Waals surface area contributed by atoms with Crippen LogP contribution in [0.5, 0.6) is 5.75 Å². The van der Waals surface area contributed by atoms with Crippen molar-refractivity contribution in [1.29, 1.82) is 0 Å². The molecule has 0 saturated heterocycles. The van der Waals surface area contributed by atoms with Crippen molar-refractivity contribution in [2.75, 3.05) is 0 Å². The van der Waals surface area contributed by atoms with Crippen LogP contribution in [0, 0.1) is 6.07 Å². The number of aromatic hydroxyl groups is 1. The van der Waals surface area contributed by atoms with E-state index in [4.69, 9.17) is 5.11 Å². The van der Waals surface area contributed by atoms with Gasteiger partial charge in [-0.2, -0.15) is 0 Å². The molecular weight excluding hydrogens is 152 g/mol. The summed E-state index contributed by atoms with van der Waals surface area (Å²) in [6.45, 7) is 0. The first-order chi connectivity index (χ1) is 4.70. The number of benzene rings is 1. The van der Waals surface area contributed by atoms with Crippen LogP contribution in [0.25, 0.3) is 0 Å². The summed E-state index contributed by atoms with van der Waals surface area (Å²) >= 11 is 0. The van der Waals surface area contributed by atoms with Gasteiger partial charge in [-0.05, 0) is 18.2 Å². The molecule has 0 aliphatic heterocycles. The molecule has 0 unspecified atom stereocenters. The third-order valence-electron chi connectivity index (χ3n) is 0.977. The summed E-state index contributed by atoms with van der Waals surface area (Å²) in [6.07, 6.45) is 0. The second-order valence-corrected chi connectivity index (χ2v) is 2.69. The Kier molecular flexibility index (Phi) is 1.91. The minimum atomic E-state index is -2.57. The van der Waals surface area contributed by atoms with Gasteiger partial charge in [-0.3, -0.25) is 0 Å². The molecule has 1 rings (SSSR count). The first-order valence-electron chi connectivity index (χ1n) is 2.55. The molecule has 0 heterocycles. The van der Waals surface area contributed by atoms with E-state index in [1.807, 2.05) is 0 Å². The number of rotatable bonds is 1. The molecule has 0 bridgehead atoms. The van der Waals surface area contributed by atoms with Crippen molar-refractivity contribution < 1.29 is 13.5 Å². The lowest BCUT2D eigenvalue weighted by atomic mass is 10.3. The Balaban J connectivity index is 3.12. The topological polar surface area (TPSA) is 54.4 Å². The average molecular weight is 157 g/mol. The highest BCUT2D eigenvalue weighted by Crippen LogP contribution is 2.08. The molecule has 0 aliphatic carbocycles. The third kappa shape index (κ3) is 1.48. The minimum absolute atomic E-state index is 0.0144. The van der Waals surface area contributed by atoms with Gasteiger partial charge in [0.2, 0.25) is 0 Å². The summed E-state index contributed by atoms with van der Waals surface area (Å²) in [7, 11) is -2.57. The van der Waals surface area contributed by atoms with Crippen molar-refractivity contribution >= 4 is 10.7 Å². The zero-order valence-corrected chi connectivity index (χ0v) is 5.84. The second-order valence-electron chi connectivity index (χ2n) is 1.69. The van der Waals surface area contributed by atoms with E-state index in [0.717, 1.165) is 0 Å². The number of hydrogen-bond acceptors (Lipinski definition) is 3. The van der Waals surface area contributed by atoms with E-state index in [-0.39, 0.29) is 10.6 Å².